The predicted octanol–water partition coefficient (Wildman–Crippen LogP) is 0.358. The summed E-state index contributed by atoms with van der Waals surface area (Å²) in [4.78, 5) is 0. The van der Waals surface area contributed by atoms with Crippen LogP contribution in [0, 0.1) is 0 Å². The molecule has 0 fully saturated rings. The fourth-order valence-corrected chi connectivity index (χ4v) is 0.790. The maximum Gasteiger partial charge on any atom is 0.201 e. The van der Waals surface area contributed by atoms with Gasteiger partial charge in [0.15, 0.2) is 0 Å². The van der Waals surface area contributed by atoms with Crippen LogP contribution in [0.4, 0.5) is 0 Å². The second kappa shape index (κ2) is 5.23. The van der Waals surface area contributed by atoms with Crippen LogP contribution in [0.25, 0.3) is 0 Å². The fourth-order valence-electron chi connectivity index (χ4n) is 0.737. The van der Waals surface area contributed by atoms with Crippen molar-refractivity contribution in [3.63, 3.8) is 0 Å². The van der Waals surface area contributed by atoms with E-state index in [2.05, 4.69) is 16.0 Å². The summed E-state index contributed by atoms with van der Waals surface area (Å²) in [7, 11) is 0. The third-order valence-electron chi connectivity index (χ3n) is 1.31. The molecule has 0 radical (unpaired) electrons. The summed E-state index contributed by atoms with van der Waals surface area (Å²) in [5, 5.41) is 4.14. The molecule has 1 aromatic rings. The van der Waals surface area contributed by atoms with Crippen LogP contribution in [-0.4, -0.2) is 11.3 Å². The molecule has 0 aliphatic carbocycles. The van der Waals surface area contributed by atoms with Gasteiger partial charge in [-0.1, -0.05) is 30.3 Å². The summed E-state index contributed by atoms with van der Waals surface area (Å²) in [5.74, 6) is 5.02. The van der Waals surface area contributed by atoms with E-state index in [-0.39, 0.29) is 5.11 Å². The van der Waals surface area contributed by atoms with E-state index in [1.807, 2.05) is 30.3 Å². The Balaban J connectivity index is 2.45. The average molecular weight is 194 g/mol. The van der Waals surface area contributed by atoms with Crippen molar-refractivity contribution >= 4 is 23.5 Å². The molecular weight excluding hydrogens is 184 g/mol. The minimum absolute atomic E-state index is 0.284. The number of hydrogen-bond donors (Lipinski definition) is 3. The molecule has 0 amide bonds. The second-order valence-electron chi connectivity index (χ2n) is 2.25. The molecule has 1 rings (SSSR count). The van der Waals surface area contributed by atoms with Gasteiger partial charge in [-0.3, -0.25) is 10.9 Å². The number of nitrogens with two attached hydrogens (primary N) is 1. The Hall–Kier alpha value is -1.46. The van der Waals surface area contributed by atoms with E-state index < -0.39 is 0 Å². The first kappa shape index (κ1) is 9.63. The molecule has 4 nitrogen and oxygen atoms in total. The van der Waals surface area contributed by atoms with Crippen LogP contribution >= 0.6 is 12.2 Å². The molecule has 0 aliphatic rings. The van der Waals surface area contributed by atoms with Crippen LogP contribution < -0.4 is 16.7 Å². The number of hydrogen-bond acceptors (Lipinski definition) is 3. The average Bonchev–Trinajstić information content (AvgIpc) is 2.19. The van der Waals surface area contributed by atoms with Gasteiger partial charge in [-0.15, -0.1) is 0 Å². The quantitative estimate of drug-likeness (QED) is 0.275. The Kier molecular flexibility index (Phi) is 3.87. The maximum atomic E-state index is 5.02. The molecule has 0 unspecified atom stereocenters. The molecule has 0 saturated heterocycles. The molecule has 68 valence electrons. The summed E-state index contributed by atoms with van der Waals surface area (Å²) < 4.78 is 0. The minimum Gasteiger partial charge on any atom is -0.300 e. The van der Waals surface area contributed by atoms with E-state index in [1.54, 1.807) is 6.21 Å². The lowest BCUT2D eigenvalue weighted by molar-refractivity contribution is 0.930. The van der Waals surface area contributed by atoms with E-state index >= 15 is 0 Å². The van der Waals surface area contributed by atoms with Crippen LogP contribution in [0.15, 0.2) is 35.4 Å². The van der Waals surface area contributed by atoms with Crippen molar-refractivity contribution in [3.05, 3.63) is 35.9 Å². The summed E-state index contributed by atoms with van der Waals surface area (Å²) in [6.45, 7) is 0. The minimum atomic E-state index is 0.284. The SMILES string of the molecule is NNC(=S)N/N=C/c1ccccc1. The molecule has 1 aromatic carbocycles. The predicted molar refractivity (Wildman–Crippen MR) is 57.1 cm³/mol. The third-order valence-corrected chi connectivity index (χ3v) is 1.52. The van der Waals surface area contributed by atoms with Crippen LogP contribution in [0.3, 0.4) is 0 Å². The normalized spacial score (nSPS) is 9.92. The summed E-state index contributed by atoms with van der Waals surface area (Å²) >= 11 is 4.71. The highest BCUT2D eigenvalue weighted by Gasteiger charge is 1.85. The van der Waals surface area contributed by atoms with Crippen LogP contribution in [-0.2, 0) is 0 Å². The summed E-state index contributed by atoms with van der Waals surface area (Å²) in [6.07, 6.45) is 1.66. The largest absolute Gasteiger partial charge is 0.300 e. The first-order valence-electron chi connectivity index (χ1n) is 3.67. The number of hydrazine groups is 1. The molecule has 0 aromatic heterocycles. The number of nitrogens with zero attached hydrogens (tertiary/aromatic N) is 1. The molecular formula is C8H10N4S. The lowest BCUT2D eigenvalue weighted by atomic mass is 10.2. The van der Waals surface area contributed by atoms with Gasteiger partial charge in [-0.2, -0.15) is 5.10 Å². The summed E-state index contributed by atoms with van der Waals surface area (Å²) in [5.41, 5.74) is 5.80. The number of thiocarbonyl (C=S) groups is 1. The molecule has 0 atom stereocenters. The first-order valence-corrected chi connectivity index (χ1v) is 4.08. The van der Waals surface area contributed by atoms with E-state index in [0.717, 1.165) is 5.56 Å². The zero-order chi connectivity index (χ0) is 9.52. The number of benzene rings is 1. The van der Waals surface area contributed by atoms with Gasteiger partial charge in [-0.25, -0.2) is 5.84 Å². The van der Waals surface area contributed by atoms with Crippen molar-refractivity contribution < 1.29 is 0 Å². The Morgan fingerprint density at radius 3 is 2.69 bits per heavy atom. The van der Waals surface area contributed by atoms with Gasteiger partial charge in [0.25, 0.3) is 0 Å². The van der Waals surface area contributed by atoms with Gasteiger partial charge in [-0.05, 0) is 17.8 Å². The van der Waals surface area contributed by atoms with Crippen LogP contribution in [0.1, 0.15) is 5.56 Å². The zero-order valence-corrected chi connectivity index (χ0v) is 7.71. The standard InChI is InChI=1S/C8H10N4S/c9-11-8(13)12-10-6-7-4-2-1-3-5-7/h1-6H,9H2,(H2,11,12,13)/b10-6+. The second-order valence-corrected chi connectivity index (χ2v) is 2.66. The van der Waals surface area contributed by atoms with Gasteiger partial charge in [0.05, 0.1) is 6.21 Å². The van der Waals surface area contributed by atoms with E-state index in [4.69, 9.17) is 18.1 Å². The van der Waals surface area contributed by atoms with Crippen molar-refractivity contribution in [1.29, 1.82) is 0 Å². The number of hydrazone groups is 1. The molecule has 5 heteroatoms. The van der Waals surface area contributed by atoms with Crippen molar-refractivity contribution in [2.45, 2.75) is 0 Å². The van der Waals surface area contributed by atoms with E-state index in [9.17, 15) is 0 Å². The Bertz CT molecular complexity index is 296. The Morgan fingerprint density at radius 1 is 1.38 bits per heavy atom. The topological polar surface area (TPSA) is 62.4 Å². The highest BCUT2D eigenvalue weighted by atomic mass is 32.1. The van der Waals surface area contributed by atoms with Gasteiger partial charge >= 0.3 is 0 Å². The maximum absolute atomic E-state index is 5.02. The highest BCUT2D eigenvalue weighted by molar-refractivity contribution is 7.80. The molecule has 4 N–H and O–H groups in total. The first-order chi connectivity index (χ1) is 6.33. The number of nitrogens with one attached hydrogen (secondary N) is 2. The number of rotatable bonds is 2. The molecule has 0 heterocycles. The van der Waals surface area contributed by atoms with Crippen molar-refractivity contribution in [3.8, 4) is 0 Å². The molecule has 0 aliphatic heterocycles. The van der Waals surface area contributed by atoms with Crippen LogP contribution in [0.5, 0.6) is 0 Å². The third kappa shape index (κ3) is 3.64. The van der Waals surface area contributed by atoms with E-state index in [0.29, 0.717) is 0 Å². The van der Waals surface area contributed by atoms with Crippen molar-refractivity contribution in [2.24, 2.45) is 10.9 Å². The van der Waals surface area contributed by atoms with E-state index in [1.165, 1.54) is 0 Å². The fraction of sp³-hybridized carbons (Fsp3) is 0. The molecule has 0 saturated carbocycles. The van der Waals surface area contributed by atoms with Gasteiger partial charge in [0.2, 0.25) is 5.11 Å². The van der Waals surface area contributed by atoms with Gasteiger partial charge < -0.3 is 0 Å². The monoisotopic (exact) mass is 194 g/mol. The van der Waals surface area contributed by atoms with Gasteiger partial charge in [0.1, 0.15) is 0 Å². The lowest BCUT2D eigenvalue weighted by Crippen LogP contribution is -2.37. The van der Waals surface area contributed by atoms with Crippen molar-refractivity contribution in [2.75, 3.05) is 0 Å². The smallest absolute Gasteiger partial charge is 0.201 e. The zero-order valence-electron chi connectivity index (χ0n) is 6.90. The summed E-state index contributed by atoms with van der Waals surface area (Å²) in [6, 6.07) is 9.67. The van der Waals surface area contributed by atoms with Crippen LogP contribution in [0.2, 0.25) is 0 Å². The molecule has 0 bridgehead atoms. The Morgan fingerprint density at radius 2 is 2.08 bits per heavy atom. The lowest BCUT2D eigenvalue weighted by Gasteiger charge is -1.98. The highest BCUT2D eigenvalue weighted by Crippen LogP contribution is 1.92. The molecule has 13 heavy (non-hydrogen) atoms. The molecule has 0 spiro atoms. The Labute approximate surface area is 81.8 Å². The van der Waals surface area contributed by atoms with Crippen molar-refractivity contribution in [1.82, 2.24) is 10.9 Å². The van der Waals surface area contributed by atoms with Gasteiger partial charge in [0, 0.05) is 0 Å².